The summed E-state index contributed by atoms with van der Waals surface area (Å²) in [5.74, 6) is 0.799. The maximum atomic E-state index is 6.01. The van der Waals surface area contributed by atoms with Crippen LogP contribution < -0.4 is 5.32 Å². The monoisotopic (exact) mass is 274 g/mol. The van der Waals surface area contributed by atoms with E-state index in [0.29, 0.717) is 0 Å². The highest BCUT2D eigenvalue weighted by molar-refractivity contribution is 5.31. The molecule has 0 saturated carbocycles. The minimum atomic E-state index is 0.251. The van der Waals surface area contributed by atoms with Crippen LogP contribution in [0.3, 0.4) is 0 Å². The van der Waals surface area contributed by atoms with Crippen molar-refractivity contribution in [3.8, 4) is 0 Å². The van der Waals surface area contributed by atoms with Gasteiger partial charge < -0.3 is 15.0 Å². The van der Waals surface area contributed by atoms with Crippen molar-refractivity contribution in [2.24, 2.45) is 5.92 Å². The summed E-state index contributed by atoms with van der Waals surface area (Å²) < 4.78 is 6.01. The van der Waals surface area contributed by atoms with E-state index in [0.717, 1.165) is 25.5 Å². The van der Waals surface area contributed by atoms with Gasteiger partial charge >= 0.3 is 0 Å². The first-order valence-corrected chi connectivity index (χ1v) is 7.91. The van der Waals surface area contributed by atoms with Crippen LogP contribution in [-0.4, -0.2) is 44.7 Å². The van der Waals surface area contributed by atoms with E-state index in [1.54, 1.807) is 0 Å². The molecule has 3 heteroatoms. The first kappa shape index (κ1) is 14.1. The number of likely N-dealkylation sites (N-methyl/N-ethyl adjacent to an activating group) is 1. The van der Waals surface area contributed by atoms with E-state index in [9.17, 15) is 0 Å². The van der Waals surface area contributed by atoms with E-state index in [2.05, 4.69) is 41.5 Å². The zero-order chi connectivity index (χ0) is 13.8. The zero-order valence-electron chi connectivity index (χ0n) is 12.5. The minimum Gasteiger partial charge on any atom is -0.372 e. The molecule has 2 heterocycles. The van der Waals surface area contributed by atoms with Gasteiger partial charge in [-0.15, -0.1) is 0 Å². The van der Waals surface area contributed by atoms with Crippen LogP contribution in [0.15, 0.2) is 24.3 Å². The van der Waals surface area contributed by atoms with Crippen molar-refractivity contribution < 1.29 is 4.74 Å². The third kappa shape index (κ3) is 3.40. The van der Waals surface area contributed by atoms with Gasteiger partial charge in [-0.2, -0.15) is 0 Å². The van der Waals surface area contributed by atoms with Gasteiger partial charge in [0.15, 0.2) is 0 Å². The number of fused-ring (bicyclic) bond motifs is 1. The lowest BCUT2D eigenvalue weighted by molar-refractivity contribution is 0.0178. The molecular formula is C17H26N2O. The summed E-state index contributed by atoms with van der Waals surface area (Å²) in [5.41, 5.74) is 2.86. The number of hydrogen-bond donors (Lipinski definition) is 1. The number of ether oxygens (including phenoxy) is 1. The van der Waals surface area contributed by atoms with Gasteiger partial charge in [-0.3, -0.25) is 0 Å². The highest BCUT2D eigenvalue weighted by Gasteiger charge is 2.23. The number of rotatable bonds is 4. The number of nitrogens with zero attached hydrogens (tertiary/aromatic N) is 1. The normalized spacial score (nSPS) is 26.5. The second kappa shape index (κ2) is 6.70. The van der Waals surface area contributed by atoms with E-state index in [-0.39, 0.29) is 6.10 Å². The third-order valence-corrected chi connectivity index (χ3v) is 4.54. The van der Waals surface area contributed by atoms with Crippen LogP contribution in [0, 0.1) is 5.92 Å². The molecule has 1 saturated heterocycles. The number of piperidine rings is 1. The fraction of sp³-hybridized carbons (Fsp3) is 0.647. The van der Waals surface area contributed by atoms with Gasteiger partial charge in [0.05, 0.1) is 12.7 Å². The molecule has 20 heavy (non-hydrogen) atoms. The minimum absolute atomic E-state index is 0.251. The molecular weight excluding hydrogens is 248 g/mol. The van der Waals surface area contributed by atoms with Crippen molar-refractivity contribution in [1.29, 1.82) is 0 Å². The van der Waals surface area contributed by atoms with E-state index in [1.807, 2.05) is 0 Å². The fourth-order valence-corrected chi connectivity index (χ4v) is 3.51. The maximum Gasteiger partial charge on any atom is 0.0954 e. The number of benzene rings is 1. The average molecular weight is 274 g/mol. The van der Waals surface area contributed by atoms with Crippen molar-refractivity contribution in [3.63, 3.8) is 0 Å². The Bertz CT molecular complexity index is 429. The van der Waals surface area contributed by atoms with Gasteiger partial charge in [0.1, 0.15) is 0 Å². The molecule has 3 nitrogen and oxygen atoms in total. The van der Waals surface area contributed by atoms with E-state index in [1.165, 1.54) is 43.6 Å². The molecule has 0 radical (unpaired) electrons. The largest absolute Gasteiger partial charge is 0.372 e. The topological polar surface area (TPSA) is 24.5 Å². The standard InChI is InChI=1S/C17H26N2O/c1-19(12-14-5-4-9-18-11-14)13-17-16-7-3-2-6-15(16)8-10-20-17/h2-3,6-7,14,17-18H,4-5,8-13H2,1H3. The van der Waals surface area contributed by atoms with Gasteiger partial charge in [0.2, 0.25) is 0 Å². The second-order valence-electron chi connectivity index (χ2n) is 6.24. The molecule has 110 valence electrons. The SMILES string of the molecule is CN(CC1CCCNC1)CC1OCCc2ccccc21. The molecule has 1 fully saturated rings. The number of nitrogens with one attached hydrogen (secondary N) is 1. The van der Waals surface area contributed by atoms with Gasteiger partial charge in [0.25, 0.3) is 0 Å². The van der Waals surface area contributed by atoms with Crippen molar-refractivity contribution in [3.05, 3.63) is 35.4 Å². The lowest BCUT2D eigenvalue weighted by Gasteiger charge is -2.32. The van der Waals surface area contributed by atoms with Crippen LogP contribution in [0.25, 0.3) is 0 Å². The van der Waals surface area contributed by atoms with Crippen LogP contribution in [0.1, 0.15) is 30.1 Å². The Hall–Kier alpha value is -0.900. The van der Waals surface area contributed by atoms with Crippen molar-refractivity contribution in [2.75, 3.05) is 39.8 Å². The summed E-state index contributed by atoms with van der Waals surface area (Å²) in [4.78, 5) is 2.45. The van der Waals surface area contributed by atoms with E-state index in [4.69, 9.17) is 4.74 Å². The Labute approximate surface area is 122 Å². The Balaban J connectivity index is 1.57. The summed E-state index contributed by atoms with van der Waals surface area (Å²) in [7, 11) is 2.23. The van der Waals surface area contributed by atoms with Crippen molar-refractivity contribution >= 4 is 0 Å². The summed E-state index contributed by atoms with van der Waals surface area (Å²) in [5, 5.41) is 3.50. The first-order valence-electron chi connectivity index (χ1n) is 7.91. The van der Waals surface area contributed by atoms with Gasteiger partial charge in [-0.05, 0) is 56.4 Å². The van der Waals surface area contributed by atoms with Gasteiger partial charge in [-0.1, -0.05) is 24.3 Å². The molecule has 0 spiro atoms. The zero-order valence-corrected chi connectivity index (χ0v) is 12.5. The molecule has 1 aromatic rings. The first-order chi connectivity index (χ1) is 9.83. The lowest BCUT2D eigenvalue weighted by atomic mass is 9.96. The number of hydrogen-bond acceptors (Lipinski definition) is 3. The molecule has 2 unspecified atom stereocenters. The highest BCUT2D eigenvalue weighted by atomic mass is 16.5. The maximum absolute atomic E-state index is 6.01. The molecule has 1 aromatic carbocycles. The summed E-state index contributed by atoms with van der Waals surface area (Å²) in [6.07, 6.45) is 3.99. The highest BCUT2D eigenvalue weighted by Crippen LogP contribution is 2.27. The molecule has 2 aliphatic heterocycles. The third-order valence-electron chi connectivity index (χ3n) is 4.54. The summed E-state index contributed by atoms with van der Waals surface area (Å²) >= 11 is 0. The van der Waals surface area contributed by atoms with Crippen LogP contribution in [0.5, 0.6) is 0 Å². The molecule has 0 amide bonds. The Morgan fingerprint density at radius 1 is 1.30 bits per heavy atom. The lowest BCUT2D eigenvalue weighted by Crippen LogP contribution is -2.38. The van der Waals surface area contributed by atoms with Crippen LogP contribution in [0.4, 0.5) is 0 Å². The van der Waals surface area contributed by atoms with E-state index >= 15 is 0 Å². The van der Waals surface area contributed by atoms with Gasteiger partial charge in [-0.25, -0.2) is 0 Å². The molecule has 0 aliphatic carbocycles. The van der Waals surface area contributed by atoms with Crippen molar-refractivity contribution in [1.82, 2.24) is 10.2 Å². The Morgan fingerprint density at radius 2 is 2.20 bits per heavy atom. The molecule has 3 rings (SSSR count). The Kier molecular flexibility index (Phi) is 4.71. The fourth-order valence-electron chi connectivity index (χ4n) is 3.51. The van der Waals surface area contributed by atoms with E-state index < -0.39 is 0 Å². The van der Waals surface area contributed by atoms with Crippen LogP contribution in [0.2, 0.25) is 0 Å². The van der Waals surface area contributed by atoms with Crippen LogP contribution >= 0.6 is 0 Å². The smallest absolute Gasteiger partial charge is 0.0954 e. The van der Waals surface area contributed by atoms with Gasteiger partial charge in [0, 0.05) is 13.1 Å². The molecule has 2 aliphatic rings. The molecule has 2 atom stereocenters. The summed E-state index contributed by atoms with van der Waals surface area (Å²) in [6.45, 7) is 5.41. The van der Waals surface area contributed by atoms with Crippen LogP contribution in [-0.2, 0) is 11.2 Å². The Morgan fingerprint density at radius 3 is 3.05 bits per heavy atom. The molecule has 0 bridgehead atoms. The average Bonchev–Trinajstić information content (AvgIpc) is 2.48. The summed E-state index contributed by atoms with van der Waals surface area (Å²) in [6, 6.07) is 8.75. The molecule has 1 N–H and O–H groups in total. The van der Waals surface area contributed by atoms with Crippen molar-refractivity contribution in [2.45, 2.75) is 25.4 Å². The predicted molar refractivity (Wildman–Crippen MR) is 81.9 cm³/mol. The molecule has 0 aromatic heterocycles. The predicted octanol–water partition coefficient (Wildman–Crippen LogP) is 2.23. The quantitative estimate of drug-likeness (QED) is 0.911. The second-order valence-corrected chi connectivity index (χ2v) is 6.24.